The molecule has 1 aromatic carbocycles. The van der Waals surface area contributed by atoms with Crippen molar-refractivity contribution < 1.29 is 9.90 Å². The van der Waals surface area contributed by atoms with E-state index in [2.05, 4.69) is 15.9 Å². The van der Waals surface area contributed by atoms with Crippen LogP contribution in [-0.2, 0) is 4.79 Å². The first kappa shape index (κ1) is 12.9. The number of rotatable bonds is 5. The topological polar surface area (TPSA) is 63.3 Å². The summed E-state index contributed by atoms with van der Waals surface area (Å²) >= 11 is 4.94. The Balaban J connectivity index is 2.06. The van der Waals surface area contributed by atoms with Gasteiger partial charge in [0.2, 0.25) is 0 Å². The van der Waals surface area contributed by atoms with Crippen LogP contribution in [0.1, 0.15) is 12.8 Å². The number of carboxylic acid groups (broad SMARTS) is 1. The van der Waals surface area contributed by atoms with Gasteiger partial charge in [-0.1, -0.05) is 12.1 Å². The number of aliphatic carboxylic acids is 1. The molecule has 1 aromatic rings. The second-order valence-corrected chi connectivity index (χ2v) is 6.21. The lowest BCUT2D eigenvalue weighted by Gasteiger charge is -2.24. The number of carboxylic acids is 1. The zero-order valence-electron chi connectivity index (χ0n) is 9.23. The molecule has 1 aliphatic carbocycles. The maximum absolute atomic E-state index is 11.3. The van der Waals surface area contributed by atoms with Crippen molar-refractivity contribution in [3.8, 4) is 0 Å². The van der Waals surface area contributed by atoms with Crippen molar-refractivity contribution in [2.45, 2.75) is 23.3 Å². The van der Waals surface area contributed by atoms with Crippen LogP contribution in [0.5, 0.6) is 0 Å². The van der Waals surface area contributed by atoms with Crippen molar-refractivity contribution in [1.82, 2.24) is 0 Å². The highest BCUT2D eigenvalue weighted by atomic mass is 79.9. The molecule has 0 saturated heterocycles. The van der Waals surface area contributed by atoms with Crippen LogP contribution in [-0.4, -0.2) is 22.4 Å². The van der Waals surface area contributed by atoms with E-state index in [0.29, 0.717) is 5.75 Å². The van der Waals surface area contributed by atoms with Gasteiger partial charge >= 0.3 is 5.97 Å². The van der Waals surface area contributed by atoms with E-state index in [9.17, 15) is 9.90 Å². The lowest BCUT2D eigenvalue weighted by atomic mass is 9.98. The van der Waals surface area contributed by atoms with Gasteiger partial charge in [0.15, 0.2) is 0 Å². The summed E-state index contributed by atoms with van der Waals surface area (Å²) in [5.74, 6) is -0.343. The highest BCUT2D eigenvalue weighted by Crippen LogP contribution is 2.41. The summed E-state index contributed by atoms with van der Waals surface area (Å²) in [7, 11) is 0. The van der Waals surface area contributed by atoms with Gasteiger partial charge in [0.25, 0.3) is 0 Å². The van der Waals surface area contributed by atoms with Crippen molar-refractivity contribution in [2.24, 2.45) is 11.7 Å². The summed E-state index contributed by atoms with van der Waals surface area (Å²) in [5, 5.41) is 9.24. The third-order valence-corrected chi connectivity index (χ3v) is 5.25. The van der Waals surface area contributed by atoms with Gasteiger partial charge in [0, 0.05) is 15.1 Å². The molecular formula is C12H14BrNO2S. The predicted molar refractivity (Wildman–Crippen MR) is 72.1 cm³/mol. The number of nitrogens with two attached hydrogens (primary N) is 1. The summed E-state index contributed by atoms with van der Waals surface area (Å²) in [6, 6.07) is 7.77. The average molecular weight is 316 g/mol. The SMILES string of the molecule is NC(CSc1ccccc1Br)(C(=O)O)C1CC1. The van der Waals surface area contributed by atoms with Crippen LogP contribution in [0.4, 0.5) is 0 Å². The molecule has 3 nitrogen and oxygen atoms in total. The molecular weight excluding hydrogens is 302 g/mol. The van der Waals surface area contributed by atoms with Gasteiger partial charge in [-0.2, -0.15) is 0 Å². The monoisotopic (exact) mass is 315 g/mol. The number of thioether (sulfide) groups is 1. The van der Waals surface area contributed by atoms with Crippen LogP contribution in [0.2, 0.25) is 0 Å². The highest BCUT2D eigenvalue weighted by Gasteiger charge is 2.48. The molecule has 1 atom stereocenters. The minimum absolute atomic E-state index is 0.134. The Morgan fingerprint density at radius 1 is 1.53 bits per heavy atom. The Morgan fingerprint density at radius 3 is 2.71 bits per heavy atom. The van der Waals surface area contributed by atoms with Crippen molar-refractivity contribution >= 4 is 33.7 Å². The van der Waals surface area contributed by atoms with Crippen molar-refractivity contribution in [2.75, 3.05) is 5.75 Å². The molecule has 0 aliphatic heterocycles. The Bertz CT molecular complexity index is 436. The molecule has 17 heavy (non-hydrogen) atoms. The lowest BCUT2D eigenvalue weighted by Crippen LogP contribution is -2.52. The molecule has 0 bridgehead atoms. The number of hydrogen-bond acceptors (Lipinski definition) is 3. The Hall–Kier alpha value is -0.520. The molecule has 0 radical (unpaired) electrons. The maximum Gasteiger partial charge on any atom is 0.324 e. The quantitative estimate of drug-likeness (QED) is 0.820. The molecule has 92 valence electrons. The second kappa shape index (κ2) is 5.00. The Kier molecular flexibility index (Phi) is 3.80. The fourth-order valence-electron chi connectivity index (χ4n) is 1.71. The number of benzene rings is 1. The lowest BCUT2D eigenvalue weighted by molar-refractivity contribution is -0.143. The second-order valence-electron chi connectivity index (χ2n) is 4.34. The molecule has 5 heteroatoms. The molecule has 1 saturated carbocycles. The maximum atomic E-state index is 11.3. The van der Waals surface area contributed by atoms with Crippen LogP contribution in [0.3, 0.4) is 0 Å². The van der Waals surface area contributed by atoms with Crippen LogP contribution in [0.15, 0.2) is 33.6 Å². The standard InChI is InChI=1S/C12H14BrNO2S/c13-9-3-1-2-4-10(9)17-7-12(14,11(15)16)8-5-6-8/h1-4,8H,5-7,14H2,(H,15,16). The molecule has 0 heterocycles. The van der Waals surface area contributed by atoms with E-state index in [-0.39, 0.29) is 5.92 Å². The fourth-order valence-corrected chi connectivity index (χ4v) is 3.47. The van der Waals surface area contributed by atoms with Gasteiger partial charge in [0.1, 0.15) is 5.54 Å². The van der Waals surface area contributed by atoms with E-state index in [1.165, 1.54) is 11.8 Å². The first-order chi connectivity index (χ1) is 8.04. The van der Waals surface area contributed by atoms with Crippen LogP contribution in [0.25, 0.3) is 0 Å². The van der Waals surface area contributed by atoms with Crippen LogP contribution < -0.4 is 5.73 Å². The van der Waals surface area contributed by atoms with Gasteiger partial charge in [-0.3, -0.25) is 4.79 Å². The first-order valence-corrected chi connectivity index (χ1v) is 7.21. The van der Waals surface area contributed by atoms with E-state index in [1.54, 1.807) is 0 Å². The molecule has 0 spiro atoms. The molecule has 2 rings (SSSR count). The summed E-state index contributed by atoms with van der Waals surface area (Å²) in [6.45, 7) is 0. The van der Waals surface area contributed by atoms with Gasteiger partial charge in [-0.05, 0) is 46.8 Å². The number of carbonyl (C=O) groups is 1. The molecule has 1 aliphatic rings. The first-order valence-electron chi connectivity index (χ1n) is 5.43. The van der Waals surface area contributed by atoms with Crippen LogP contribution in [0, 0.1) is 5.92 Å². The smallest absolute Gasteiger partial charge is 0.324 e. The van der Waals surface area contributed by atoms with E-state index < -0.39 is 11.5 Å². The number of halogens is 1. The minimum Gasteiger partial charge on any atom is -0.480 e. The summed E-state index contributed by atoms with van der Waals surface area (Å²) in [5.41, 5.74) is 4.92. The predicted octanol–water partition coefficient (Wildman–Crippen LogP) is 2.73. The molecule has 1 fully saturated rings. The van der Waals surface area contributed by atoms with Gasteiger partial charge in [-0.15, -0.1) is 11.8 Å². The van der Waals surface area contributed by atoms with E-state index in [4.69, 9.17) is 5.73 Å². The third-order valence-electron chi connectivity index (χ3n) is 3.01. The minimum atomic E-state index is -1.08. The largest absolute Gasteiger partial charge is 0.480 e. The van der Waals surface area contributed by atoms with Crippen molar-refractivity contribution in [3.05, 3.63) is 28.7 Å². The molecule has 0 aromatic heterocycles. The van der Waals surface area contributed by atoms with Gasteiger partial charge < -0.3 is 10.8 Å². The zero-order chi connectivity index (χ0) is 12.5. The van der Waals surface area contributed by atoms with E-state index >= 15 is 0 Å². The normalized spacial score (nSPS) is 18.7. The van der Waals surface area contributed by atoms with Crippen molar-refractivity contribution in [3.63, 3.8) is 0 Å². The molecule has 0 amide bonds. The van der Waals surface area contributed by atoms with E-state index in [1.807, 2.05) is 24.3 Å². The zero-order valence-corrected chi connectivity index (χ0v) is 11.6. The number of hydrogen-bond donors (Lipinski definition) is 2. The Labute approximate surface area is 113 Å². The fraction of sp³-hybridized carbons (Fsp3) is 0.417. The average Bonchev–Trinajstić information content (AvgIpc) is 3.11. The van der Waals surface area contributed by atoms with Gasteiger partial charge in [-0.25, -0.2) is 0 Å². The molecule has 1 unspecified atom stereocenters. The van der Waals surface area contributed by atoms with Crippen molar-refractivity contribution in [1.29, 1.82) is 0 Å². The third kappa shape index (κ3) is 2.84. The van der Waals surface area contributed by atoms with E-state index in [0.717, 1.165) is 22.2 Å². The molecule has 3 N–H and O–H groups in total. The Morgan fingerprint density at radius 2 is 2.18 bits per heavy atom. The van der Waals surface area contributed by atoms with Crippen LogP contribution >= 0.6 is 27.7 Å². The highest BCUT2D eigenvalue weighted by molar-refractivity contribution is 9.10. The summed E-state index contributed by atoms with van der Waals surface area (Å²) < 4.78 is 0.980. The summed E-state index contributed by atoms with van der Waals surface area (Å²) in [4.78, 5) is 12.3. The summed E-state index contributed by atoms with van der Waals surface area (Å²) in [6.07, 6.45) is 1.86. The van der Waals surface area contributed by atoms with Gasteiger partial charge in [0.05, 0.1) is 0 Å².